The molecule has 2 aromatic carbocycles. The number of aryl methyl sites for hydroxylation is 1. The molecule has 0 N–H and O–H groups in total. The smallest absolute Gasteiger partial charge is 0.344 e. The highest BCUT2D eigenvalue weighted by atomic mass is 19.1. The number of hydrogen-bond donors (Lipinski definition) is 0. The Bertz CT molecular complexity index is 873. The van der Waals surface area contributed by atoms with Gasteiger partial charge in [0.05, 0.1) is 0 Å². The molecule has 0 aliphatic heterocycles. The molecule has 0 saturated heterocycles. The number of carbonyl (C=O) groups is 1. The molecule has 0 amide bonds. The van der Waals surface area contributed by atoms with Gasteiger partial charge in [-0.1, -0.05) is 23.8 Å². The number of esters is 1. The molecular formula is C17H12F2N2O3. The van der Waals surface area contributed by atoms with Crippen LogP contribution in [0, 0.1) is 18.6 Å². The summed E-state index contributed by atoms with van der Waals surface area (Å²) in [6.45, 7) is 1.54. The van der Waals surface area contributed by atoms with Gasteiger partial charge in [-0.05, 0) is 31.2 Å². The molecule has 3 rings (SSSR count). The van der Waals surface area contributed by atoms with E-state index >= 15 is 0 Å². The zero-order valence-corrected chi connectivity index (χ0v) is 12.6. The van der Waals surface area contributed by atoms with Crippen LogP contribution in [0.5, 0.6) is 0 Å². The number of benzene rings is 2. The molecule has 0 saturated carbocycles. The number of ether oxygens (including phenoxy) is 1. The lowest BCUT2D eigenvalue weighted by molar-refractivity contribution is 0.0427. The number of rotatable bonds is 4. The molecule has 1 aromatic heterocycles. The van der Waals surface area contributed by atoms with Crippen LogP contribution in [0.1, 0.15) is 21.8 Å². The molecule has 0 unspecified atom stereocenters. The Kier molecular flexibility index (Phi) is 4.33. The van der Waals surface area contributed by atoms with E-state index < -0.39 is 23.2 Å². The number of halogens is 2. The minimum atomic E-state index is -1.14. The minimum absolute atomic E-state index is 0.0246. The minimum Gasteiger partial charge on any atom is -0.452 e. The Balaban J connectivity index is 1.71. The molecule has 1 heterocycles. The second-order valence-corrected chi connectivity index (χ2v) is 5.04. The second-order valence-electron chi connectivity index (χ2n) is 5.04. The highest BCUT2D eigenvalue weighted by Gasteiger charge is 2.19. The largest absolute Gasteiger partial charge is 0.452 e. The van der Waals surface area contributed by atoms with E-state index in [9.17, 15) is 13.6 Å². The highest BCUT2D eigenvalue weighted by Crippen LogP contribution is 2.19. The van der Waals surface area contributed by atoms with E-state index in [1.165, 1.54) is 0 Å². The van der Waals surface area contributed by atoms with Crippen molar-refractivity contribution in [2.75, 3.05) is 0 Å². The number of hydrogen-bond acceptors (Lipinski definition) is 5. The quantitative estimate of drug-likeness (QED) is 0.683. The SMILES string of the molecule is Cc1cccc(-c2nnc(COC(=O)c3c(F)cccc3F)o2)c1. The van der Waals surface area contributed by atoms with E-state index in [1.54, 1.807) is 6.07 Å². The van der Waals surface area contributed by atoms with Gasteiger partial charge in [-0.2, -0.15) is 0 Å². The topological polar surface area (TPSA) is 65.2 Å². The Morgan fingerprint density at radius 1 is 1.12 bits per heavy atom. The van der Waals surface area contributed by atoms with Crippen LogP contribution in [0.15, 0.2) is 46.9 Å². The average molecular weight is 330 g/mol. The van der Waals surface area contributed by atoms with Crippen molar-refractivity contribution in [1.29, 1.82) is 0 Å². The summed E-state index contributed by atoms with van der Waals surface area (Å²) in [7, 11) is 0. The van der Waals surface area contributed by atoms with E-state index in [-0.39, 0.29) is 18.4 Å². The van der Waals surface area contributed by atoms with Crippen molar-refractivity contribution in [2.45, 2.75) is 13.5 Å². The summed E-state index contributed by atoms with van der Waals surface area (Å²) in [6, 6.07) is 10.5. The maximum atomic E-state index is 13.5. The molecule has 0 aliphatic rings. The van der Waals surface area contributed by atoms with Gasteiger partial charge < -0.3 is 9.15 Å². The molecule has 0 spiro atoms. The van der Waals surface area contributed by atoms with Crippen molar-refractivity contribution < 1.29 is 22.7 Å². The van der Waals surface area contributed by atoms with Crippen LogP contribution in [0.3, 0.4) is 0 Å². The van der Waals surface area contributed by atoms with Crippen molar-refractivity contribution >= 4 is 5.97 Å². The number of aromatic nitrogens is 2. The fourth-order valence-electron chi connectivity index (χ4n) is 2.10. The van der Waals surface area contributed by atoms with Crippen molar-refractivity contribution in [2.24, 2.45) is 0 Å². The maximum Gasteiger partial charge on any atom is 0.344 e. The van der Waals surface area contributed by atoms with Gasteiger partial charge in [0.2, 0.25) is 5.89 Å². The van der Waals surface area contributed by atoms with Crippen LogP contribution in [-0.4, -0.2) is 16.2 Å². The first-order valence-electron chi connectivity index (χ1n) is 7.05. The Hall–Kier alpha value is -3.09. The standard InChI is InChI=1S/C17H12F2N2O3/c1-10-4-2-5-11(8-10)16-21-20-14(24-16)9-23-17(22)15-12(18)6-3-7-13(15)19/h2-8H,9H2,1H3. The molecule has 3 aromatic rings. The first kappa shape index (κ1) is 15.8. The predicted molar refractivity (Wildman–Crippen MR) is 79.9 cm³/mol. The first-order chi connectivity index (χ1) is 11.5. The third kappa shape index (κ3) is 3.29. The van der Waals surface area contributed by atoms with Gasteiger partial charge in [-0.15, -0.1) is 10.2 Å². The lowest BCUT2D eigenvalue weighted by Gasteiger charge is -2.04. The van der Waals surface area contributed by atoms with Gasteiger partial charge in [-0.25, -0.2) is 13.6 Å². The Morgan fingerprint density at radius 3 is 2.54 bits per heavy atom. The first-order valence-corrected chi connectivity index (χ1v) is 7.05. The summed E-state index contributed by atoms with van der Waals surface area (Å²) < 4.78 is 37.2. The van der Waals surface area contributed by atoms with Gasteiger partial charge in [0.25, 0.3) is 5.89 Å². The van der Waals surface area contributed by atoms with Crippen LogP contribution in [-0.2, 0) is 11.3 Å². The average Bonchev–Trinajstić information content (AvgIpc) is 3.02. The third-order valence-corrected chi connectivity index (χ3v) is 3.23. The fraction of sp³-hybridized carbons (Fsp3) is 0.118. The van der Waals surface area contributed by atoms with E-state index in [0.29, 0.717) is 0 Å². The molecule has 0 bridgehead atoms. The molecule has 0 radical (unpaired) electrons. The number of carbonyl (C=O) groups excluding carboxylic acids is 1. The lowest BCUT2D eigenvalue weighted by Crippen LogP contribution is -2.10. The van der Waals surface area contributed by atoms with Crippen LogP contribution in [0.25, 0.3) is 11.5 Å². The molecule has 5 nitrogen and oxygen atoms in total. The summed E-state index contributed by atoms with van der Waals surface area (Å²) >= 11 is 0. The Labute approximate surface area is 135 Å². The molecular weight excluding hydrogens is 318 g/mol. The van der Waals surface area contributed by atoms with Gasteiger partial charge in [0, 0.05) is 5.56 Å². The monoisotopic (exact) mass is 330 g/mol. The van der Waals surface area contributed by atoms with E-state index in [0.717, 1.165) is 29.3 Å². The van der Waals surface area contributed by atoms with E-state index in [1.807, 2.05) is 25.1 Å². The fourth-order valence-corrected chi connectivity index (χ4v) is 2.10. The molecule has 0 fully saturated rings. The van der Waals surface area contributed by atoms with Gasteiger partial charge in [0.1, 0.15) is 17.2 Å². The van der Waals surface area contributed by atoms with E-state index in [4.69, 9.17) is 9.15 Å². The van der Waals surface area contributed by atoms with Crippen LogP contribution < -0.4 is 0 Å². The predicted octanol–water partition coefficient (Wildman–Crippen LogP) is 3.68. The molecule has 0 atom stereocenters. The van der Waals surface area contributed by atoms with Crippen molar-refractivity contribution in [3.63, 3.8) is 0 Å². The Morgan fingerprint density at radius 2 is 1.83 bits per heavy atom. The van der Waals surface area contributed by atoms with Crippen molar-refractivity contribution in [3.05, 3.63) is 71.1 Å². The second kappa shape index (κ2) is 6.57. The van der Waals surface area contributed by atoms with Crippen LogP contribution in [0.2, 0.25) is 0 Å². The molecule has 24 heavy (non-hydrogen) atoms. The molecule has 7 heteroatoms. The molecule has 122 valence electrons. The normalized spacial score (nSPS) is 10.6. The summed E-state index contributed by atoms with van der Waals surface area (Å²) in [5.74, 6) is -2.84. The van der Waals surface area contributed by atoms with Gasteiger partial charge >= 0.3 is 5.97 Å². The number of nitrogens with zero attached hydrogens (tertiary/aromatic N) is 2. The van der Waals surface area contributed by atoms with Crippen molar-refractivity contribution in [1.82, 2.24) is 10.2 Å². The van der Waals surface area contributed by atoms with Gasteiger partial charge in [-0.3, -0.25) is 0 Å². The summed E-state index contributed by atoms with van der Waals surface area (Å²) in [5, 5.41) is 7.61. The summed E-state index contributed by atoms with van der Waals surface area (Å²) in [4.78, 5) is 11.8. The summed E-state index contributed by atoms with van der Waals surface area (Å²) in [6.07, 6.45) is 0. The maximum absolute atomic E-state index is 13.5. The van der Waals surface area contributed by atoms with Crippen LogP contribution in [0.4, 0.5) is 8.78 Å². The zero-order valence-electron chi connectivity index (χ0n) is 12.6. The van der Waals surface area contributed by atoms with Gasteiger partial charge in [0.15, 0.2) is 6.61 Å². The lowest BCUT2D eigenvalue weighted by atomic mass is 10.1. The van der Waals surface area contributed by atoms with Crippen molar-refractivity contribution in [3.8, 4) is 11.5 Å². The summed E-state index contributed by atoms with van der Waals surface area (Å²) in [5.41, 5.74) is 0.991. The highest BCUT2D eigenvalue weighted by molar-refractivity contribution is 5.89. The third-order valence-electron chi connectivity index (χ3n) is 3.23. The molecule has 0 aliphatic carbocycles. The van der Waals surface area contributed by atoms with E-state index in [2.05, 4.69) is 10.2 Å². The zero-order chi connectivity index (χ0) is 17.1. The van der Waals surface area contributed by atoms with Crippen LogP contribution >= 0.6 is 0 Å².